The molecule has 6 nitrogen and oxygen atoms in total. The second-order valence-electron chi connectivity index (χ2n) is 7.32. The third kappa shape index (κ3) is 3.90. The van der Waals surface area contributed by atoms with Crippen LogP contribution in [0.2, 0.25) is 0 Å². The van der Waals surface area contributed by atoms with Crippen LogP contribution in [0.25, 0.3) is 10.9 Å². The summed E-state index contributed by atoms with van der Waals surface area (Å²) in [6, 6.07) is 6.38. The van der Waals surface area contributed by atoms with Gasteiger partial charge in [0.15, 0.2) is 6.54 Å². The molecule has 2 aromatic rings. The molecular weight excluding hydrogens is 330 g/mol. The smallest absolute Gasteiger partial charge is 0.356 e. The molecule has 26 heavy (non-hydrogen) atoms. The Bertz CT molecular complexity index is 806. The number of methoxy groups -OCH3 is 1. The van der Waals surface area contributed by atoms with Crippen molar-refractivity contribution in [3.05, 3.63) is 29.5 Å². The summed E-state index contributed by atoms with van der Waals surface area (Å²) in [6.45, 7) is 2.38. The number of aromatic amines is 1. The topological polar surface area (TPSA) is 75.6 Å². The van der Waals surface area contributed by atoms with Crippen LogP contribution in [0.3, 0.4) is 0 Å². The number of aryl methyl sites for hydroxylation is 1. The Kier molecular flexibility index (Phi) is 5.61. The van der Waals surface area contributed by atoms with Crippen molar-refractivity contribution in [1.82, 2.24) is 4.98 Å². The van der Waals surface area contributed by atoms with Gasteiger partial charge >= 0.3 is 5.97 Å². The molecule has 0 bridgehead atoms. The zero-order valence-corrected chi connectivity index (χ0v) is 15.8. The van der Waals surface area contributed by atoms with Gasteiger partial charge in [0.2, 0.25) is 0 Å². The van der Waals surface area contributed by atoms with Gasteiger partial charge < -0.3 is 19.9 Å². The van der Waals surface area contributed by atoms with Gasteiger partial charge in [0.1, 0.15) is 5.69 Å². The summed E-state index contributed by atoms with van der Waals surface area (Å²) in [7, 11) is 3.42. The molecule has 1 aliphatic carbocycles. The zero-order chi connectivity index (χ0) is 18.7. The van der Waals surface area contributed by atoms with Gasteiger partial charge in [0.25, 0.3) is 5.91 Å². The molecule has 3 N–H and O–H groups in total. The monoisotopic (exact) mass is 358 g/mol. The molecule has 6 heteroatoms. The maximum absolute atomic E-state index is 12.7. The summed E-state index contributed by atoms with van der Waals surface area (Å²) in [5.74, 6) is -0.567. The molecule has 1 aliphatic rings. The second kappa shape index (κ2) is 7.91. The normalized spacial score (nSPS) is 16.4. The molecule has 1 heterocycles. The number of hydrogen-bond acceptors (Lipinski definition) is 3. The van der Waals surface area contributed by atoms with Crippen LogP contribution in [-0.2, 0) is 9.53 Å². The van der Waals surface area contributed by atoms with E-state index in [4.69, 9.17) is 4.74 Å². The lowest BCUT2D eigenvalue weighted by molar-refractivity contribution is -0.899. The van der Waals surface area contributed by atoms with Crippen molar-refractivity contribution < 1.29 is 19.2 Å². The first-order valence-corrected chi connectivity index (χ1v) is 9.32. The fourth-order valence-corrected chi connectivity index (χ4v) is 3.87. The number of aromatic nitrogens is 1. The fraction of sp³-hybridized carbons (Fsp3) is 0.500. The minimum Gasteiger partial charge on any atom is -0.464 e. The van der Waals surface area contributed by atoms with Gasteiger partial charge in [-0.3, -0.25) is 4.79 Å². The summed E-state index contributed by atoms with van der Waals surface area (Å²) in [6.07, 6.45) is 6.15. The van der Waals surface area contributed by atoms with Crippen LogP contribution in [0, 0.1) is 6.92 Å². The molecule has 1 amide bonds. The Balaban J connectivity index is 1.81. The lowest BCUT2D eigenvalue weighted by Gasteiger charge is -2.27. The van der Waals surface area contributed by atoms with E-state index in [1.807, 2.05) is 25.1 Å². The number of likely N-dealkylation sites (N-methyl/N-ethyl adjacent to an activating group) is 1. The third-order valence-electron chi connectivity index (χ3n) is 5.35. The molecule has 0 saturated heterocycles. The second-order valence-corrected chi connectivity index (χ2v) is 7.32. The van der Waals surface area contributed by atoms with Gasteiger partial charge in [-0.15, -0.1) is 0 Å². The van der Waals surface area contributed by atoms with Crippen molar-refractivity contribution in [2.45, 2.75) is 45.1 Å². The van der Waals surface area contributed by atoms with Crippen molar-refractivity contribution in [3.63, 3.8) is 0 Å². The lowest BCUT2D eigenvalue weighted by Crippen LogP contribution is -3.14. The zero-order valence-electron chi connectivity index (χ0n) is 15.8. The van der Waals surface area contributed by atoms with Gasteiger partial charge in [0, 0.05) is 10.9 Å². The van der Waals surface area contributed by atoms with Crippen LogP contribution in [-0.4, -0.2) is 43.6 Å². The van der Waals surface area contributed by atoms with Gasteiger partial charge in [-0.25, -0.2) is 4.79 Å². The number of esters is 1. The molecule has 1 aromatic carbocycles. The van der Waals surface area contributed by atoms with Crippen LogP contribution in [0.1, 0.15) is 48.2 Å². The quantitative estimate of drug-likeness (QED) is 0.716. The number of amides is 1. The number of quaternary nitrogens is 1. The van der Waals surface area contributed by atoms with Crippen LogP contribution in [0.15, 0.2) is 18.2 Å². The van der Waals surface area contributed by atoms with Gasteiger partial charge in [-0.2, -0.15) is 0 Å². The molecule has 1 fully saturated rings. The van der Waals surface area contributed by atoms with Gasteiger partial charge in [-0.05, 0) is 44.7 Å². The Morgan fingerprint density at radius 1 is 1.27 bits per heavy atom. The van der Waals surface area contributed by atoms with Crippen molar-refractivity contribution in [1.29, 1.82) is 0 Å². The molecule has 3 rings (SSSR count). The summed E-state index contributed by atoms with van der Waals surface area (Å²) in [5, 5.41) is 3.78. The molecule has 1 aromatic heterocycles. The van der Waals surface area contributed by atoms with E-state index < -0.39 is 5.97 Å². The fourth-order valence-electron chi connectivity index (χ4n) is 3.87. The van der Waals surface area contributed by atoms with E-state index in [0.717, 1.165) is 16.5 Å². The van der Waals surface area contributed by atoms with E-state index in [0.29, 0.717) is 18.3 Å². The summed E-state index contributed by atoms with van der Waals surface area (Å²) < 4.78 is 4.87. The highest BCUT2D eigenvalue weighted by Gasteiger charge is 2.25. The summed E-state index contributed by atoms with van der Waals surface area (Å²) in [4.78, 5) is 29.1. The lowest BCUT2D eigenvalue weighted by atomic mass is 9.94. The number of fused-ring (bicyclic) bond motifs is 1. The number of rotatable bonds is 5. The molecule has 1 unspecified atom stereocenters. The highest BCUT2D eigenvalue weighted by atomic mass is 16.5. The number of H-pyrrole nitrogens is 1. The van der Waals surface area contributed by atoms with E-state index in [-0.39, 0.29) is 11.6 Å². The van der Waals surface area contributed by atoms with E-state index in [9.17, 15) is 9.59 Å². The number of ether oxygens (including phenoxy) is 1. The number of anilines is 1. The third-order valence-corrected chi connectivity index (χ3v) is 5.35. The highest BCUT2D eigenvalue weighted by molar-refractivity contribution is 6.11. The first kappa shape index (κ1) is 18.5. The van der Waals surface area contributed by atoms with Crippen molar-refractivity contribution in [2.24, 2.45) is 0 Å². The molecule has 1 saturated carbocycles. The number of carbonyl (C=O) groups excluding carboxylic acids is 2. The Hall–Kier alpha value is -2.34. The van der Waals surface area contributed by atoms with Crippen LogP contribution >= 0.6 is 0 Å². The molecule has 140 valence electrons. The van der Waals surface area contributed by atoms with Gasteiger partial charge in [-0.1, -0.05) is 18.1 Å². The Morgan fingerprint density at radius 2 is 2.00 bits per heavy atom. The summed E-state index contributed by atoms with van der Waals surface area (Å²) in [5.41, 5.74) is 2.67. The maximum Gasteiger partial charge on any atom is 0.356 e. The van der Waals surface area contributed by atoms with Gasteiger partial charge in [0.05, 0.1) is 25.9 Å². The van der Waals surface area contributed by atoms with E-state index in [2.05, 4.69) is 17.3 Å². The van der Waals surface area contributed by atoms with E-state index in [1.54, 1.807) is 0 Å². The molecule has 0 aliphatic heterocycles. The molecule has 0 radical (unpaired) electrons. The minimum atomic E-state index is -0.484. The number of carbonyl (C=O) groups is 2. The molecular formula is C20H28N3O3+. The van der Waals surface area contributed by atoms with Crippen LogP contribution < -0.4 is 10.2 Å². The van der Waals surface area contributed by atoms with Crippen molar-refractivity contribution in [3.8, 4) is 0 Å². The van der Waals surface area contributed by atoms with Crippen molar-refractivity contribution >= 4 is 28.5 Å². The predicted octanol–water partition coefficient (Wildman–Crippen LogP) is 2.05. The van der Waals surface area contributed by atoms with Crippen molar-refractivity contribution in [2.75, 3.05) is 26.0 Å². The SMILES string of the molecule is COC(=O)c1[nH]c2ccc(C)cc2c1NC(=O)C[NH+](C)C1CCCCC1. The first-order chi connectivity index (χ1) is 12.5. The predicted molar refractivity (Wildman–Crippen MR) is 102 cm³/mol. The largest absolute Gasteiger partial charge is 0.464 e. The standard InChI is InChI=1S/C20H27N3O3/c1-13-9-10-16-15(11-13)18(19(21-16)20(25)26-3)22-17(24)12-23(2)14-7-5-4-6-8-14/h9-11,14,21H,4-8,12H2,1-3H3,(H,22,24)/p+1. The number of benzene rings is 1. The maximum atomic E-state index is 12.7. The first-order valence-electron chi connectivity index (χ1n) is 9.32. The molecule has 1 atom stereocenters. The number of nitrogens with one attached hydrogen (secondary N) is 3. The average Bonchev–Trinajstić information content (AvgIpc) is 2.99. The Labute approximate surface area is 153 Å². The average molecular weight is 358 g/mol. The minimum absolute atomic E-state index is 0.0827. The summed E-state index contributed by atoms with van der Waals surface area (Å²) >= 11 is 0. The molecule has 0 spiro atoms. The van der Waals surface area contributed by atoms with Crippen LogP contribution in [0.4, 0.5) is 5.69 Å². The van der Waals surface area contributed by atoms with Crippen LogP contribution in [0.5, 0.6) is 0 Å². The van der Waals surface area contributed by atoms with E-state index >= 15 is 0 Å². The van der Waals surface area contributed by atoms with E-state index in [1.165, 1.54) is 44.1 Å². The number of hydrogen-bond donors (Lipinski definition) is 3. The Morgan fingerprint density at radius 3 is 2.69 bits per heavy atom. The highest BCUT2D eigenvalue weighted by Crippen LogP contribution is 2.29.